The van der Waals surface area contributed by atoms with Gasteiger partial charge in [-0.3, -0.25) is 9.10 Å². The zero-order chi connectivity index (χ0) is 22.1. The van der Waals surface area contributed by atoms with Gasteiger partial charge in [-0.1, -0.05) is 35.0 Å². The number of sulfonamides is 1. The molecule has 2 rings (SSSR count). The van der Waals surface area contributed by atoms with Crippen LogP contribution in [0.25, 0.3) is 0 Å². The number of nitrogens with one attached hydrogen (secondary N) is 1. The third-order valence-electron chi connectivity index (χ3n) is 4.37. The highest BCUT2D eigenvalue weighted by Crippen LogP contribution is 2.25. The predicted molar refractivity (Wildman–Crippen MR) is 120 cm³/mol. The van der Waals surface area contributed by atoms with Crippen molar-refractivity contribution in [2.24, 2.45) is 0 Å². The van der Waals surface area contributed by atoms with E-state index in [0.717, 1.165) is 22.7 Å². The molecule has 0 aliphatic rings. The van der Waals surface area contributed by atoms with Gasteiger partial charge in [0.25, 0.3) is 0 Å². The van der Waals surface area contributed by atoms with Gasteiger partial charge >= 0.3 is 0 Å². The first kappa shape index (κ1) is 24.1. The Morgan fingerprint density at radius 2 is 1.90 bits per heavy atom. The lowest BCUT2D eigenvalue weighted by Gasteiger charge is -2.23. The maximum atomic E-state index is 14.2. The van der Waals surface area contributed by atoms with Crippen LogP contribution in [0.1, 0.15) is 25.3 Å². The van der Waals surface area contributed by atoms with Crippen LogP contribution in [0.5, 0.6) is 5.75 Å². The minimum atomic E-state index is -3.68. The number of hydrogen-bond acceptors (Lipinski definition) is 4. The molecule has 0 aliphatic carbocycles. The van der Waals surface area contributed by atoms with Crippen LogP contribution < -0.4 is 14.4 Å². The Morgan fingerprint density at radius 1 is 1.20 bits per heavy atom. The van der Waals surface area contributed by atoms with Crippen LogP contribution >= 0.6 is 15.9 Å². The van der Waals surface area contributed by atoms with Crippen molar-refractivity contribution in [1.29, 1.82) is 0 Å². The number of aryl methyl sites for hydroxylation is 1. The molecule has 1 N–H and O–H groups in total. The molecule has 2 aromatic rings. The lowest BCUT2D eigenvalue weighted by molar-refractivity contribution is -0.121. The molecule has 9 heteroatoms. The number of halogens is 2. The van der Waals surface area contributed by atoms with E-state index in [-0.39, 0.29) is 31.0 Å². The minimum absolute atomic E-state index is 0.00504. The van der Waals surface area contributed by atoms with Crippen molar-refractivity contribution in [3.8, 4) is 5.75 Å². The minimum Gasteiger partial charge on any atom is -0.492 e. The molecular weight excluding hydrogens is 475 g/mol. The third kappa shape index (κ3) is 7.60. The van der Waals surface area contributed by atoms with Crippen LogP contribution in [0.2, 0.25) is 0 Å². The average Bonchev–Trinajstić information content (AvgIpc) is 2.69. The smallest absolute Gasteiger partial charge is 0.232 e. The Bertz CT molecular complexity index is 952. The predicted octanol–water partition coefficient (Wildman–Crippen LogP) is 3.89. The van der Waals surface area contributed by atoms with E-state index in [4.69, 9.17) is 4.74 Å². The first-order valence-corrected chi connectivity index (χ1v) is 12.3. The summed E-state index contributed by atoms with van der Waals surface area (Å²) in [4.78, 5) is 12.0. The van der Waals surface area contributed by atoms with Gasteiger partial charge in [0.05, 0.1) is 18.5 Å². The summed E-state index contributed by atoms with van der Waals surface area (Å²) >= 11 is 3.15. The number of benzene rings is 2. The van der Waals surface area contributed by atoms with Crippen molar-refractivity contribution in [2.75, 3.05) is 30.3 Å². The van der Waals surface area contributed by atoms with Crippen molar-refractivity contribution >= 4 is 37.5 Å². The van der Waals surface area contributed by atoms with Gasteiger partial charge < -0.3 is 10.1 Å². The van der Waals surface area contributed by atoms with E-state index in [0.29, 0.717) is 17.6 Å². The van der Waals surface area contributed by atoms with Crippen LogP contribution in [0.15, 0.2) is 46.9 Å². The molecule has 1 amide bonds. The maximum Gasteiger partial charge on any atom is 0.232 e. The van der Waals surface area contributed by atoms with E-state index < -0.39 is 15.8 Å². The Balaban J connectivity index is 1.77. The Morgan fingerprint density at radius 3 is 2.50 bits per heavy atom. The summed E-state index contributed by atoms with van der Waals surface area (Å²) in [6.45, 7) is 2.75. The standard InChI is InChI=1S/C21H26BrFN2O4S/c1-3-16-6-9-18(10-7-16)29-14-12-24-21(26)5-4-13-25(30(2,27)28)20-11-8-17(22)15-19(20)23/h6-11,15H,3-5,12-14H2,1-2H3,(H,24,26). The number of amides is 1. The van der Waals surface area contributed by atoms with Crippen LogP contribution in [0.4, 0.5) is 10.1 Å². The second-order valence-electron chi connectivity index (χ2n) is 6.73. The number of carbonyl (C=O) groups is 1. The monoisotopic (exact) mass is 500 g/mol. The molecule has 30 heavy (non-hydrogen) atoms. The molecule has 0 radical (unpaired) electrons. The van der Waals surface area contributed by atoms with E-state index in [1.807, 2.05) is 24.3 Å². The summed E-state index contributed by atoms with van der Waals surface area (Å²) in [6.07, 6.45) is 2.35. The van der Waals surface area contributed by atoms with Crippen molar-refractivity contribution in [3.63, 3.8) is 0 Å². The van der Waals surface area contributed by atoms with E-state index in [2.05, 4.69) is 28.2 Å². The number of anilines is 1. The molecule has 0 saturated carbocycles. The van der Waals surface area contributed by atoms with Crippen molar-refractivity contribution in [3.05, 3.63) is 58.3 Å². The van der Waals surface area contributed by atoms with E-state index in [1.165, 1.54) is 17.7 Å². The van der Waals surface area contributed by atoms with Gasteiger partial charge in [-0.15, -0.1) is 0 Å². The van der Waals surface area contributed by atoms with Crippen LogP contribution in [0, 0.1) is 5.82 Å². The summed E-state index contributed by atoms with van der Waals surface area (Å²) in [5.41, 5.74) is 1.19. The fraction of sp³-hybridized carbons (Fsp3) is 0.381. The summed E-state index contributed by atoms with van der Waals surface area (Å²) < 4.78 is 45.4. The summed E-state index contributed by atoms with van der Waals surface area (Å²) in [7, 11) is -3.68. The van der Waals surface area contributed by atoms with Crippen molar-refractivity contribution in [2.45, 2.75) is 26.2 Å². The number of carbonyl (C=O) groups excluding carboxylic acids is 1. The normalized spacial score (nSPS) is 11.2. The van der Waals surface area contributed by atoms with Gasteiger partial charge in [-0.05, 0) is 48.7 Å². The number of nitrogens with zero attached hydrogens (tertiary/aromatic N) is 1. The zero-order valence-corrected chi connectivity index (χ0v) is 19.4. The second-order valence-corrected chi connectivity index (χ2v) is 9.55. The quantitative estimate of drug-likeness (QED) is 0.474. The number of rotatable bonds is 11. The molecule has 164 valence electrons. The van der Waals surface area contributed by atoms with Crippen LogP contribution in [0.3, 0.4) is 0 Å². The third-order valence-corrected chi connectivity index (χ3v) is 6.04. The average molecular weight is 501 g/mol. The maximum absolute atomic E-state index is 14.2. The highest BCUT2D eigenvalue weighted by molar-refractivity contribution is 9.10. The highest BCUT2D eigenvalue weighted by Gasteiger charge is 2.21. The molecule has 0 unspecified atom stereocenters. The largest absolute Gasteiger partial charge is 0.492 e. The van der Waals surface area contributed by atoms with Gasteiger partial charge in [0.1, 0.15) is 18.2 Å². The molecular formula is C21H26BrFN2O4S. The van der Waals surface area contributed by atoms with Crippen molar-refractivity contribution < 1.29 is 22.3 Å². The highest BCUT2D eigenvalue weighted by atomic mass is 79.9. The van der Waals surface area contributed by atoms with Gasteiger partial charge in [0.2, 0.25) is 15.9 Å². The Hall–Kier alpha value is -2.13. The summed E-state index contributed by atoms with van der Waals surface area (Å²) in [5.74, 6) is -0.130. The second kappa shape index (κ2) is 11.3. The van der Waals surface area contributed by atoms with E-state index in [9.17, 15) is 17.6 Å². The number of hydrogen-bond donors (Lipinski definition) is 1. The first-order valence-electron chi connectivity index (χ1n) is 9.62. The molecule has 0 bridgehead atoms. The van der Waals surface area contributed by atoms with Crippen molar-refractivity contribution in [1.82, 2.24) is 5.32 Å². The Labute approximate surface area is 185 Å². The molecule has 0 spiro atoms. The van der Waals surface area contributed by atoms with Gasteiger partial charge in [-0.2, -0.15) is 0 Å². The summed E-state index contributed by atoms with van der Waals surface area (Å²) in [6, 6.07) is 11.9. The molecule has 0 aliphatic heterocycles. The van der Waals surface area contributed by atoms with Gasteiger partial charge in [-0.25, -0.2) is 12.8 Å². The van der Waals surface area contributed by atoms with E-state index in [1.54, 1.807) is 6.07 Å². The van der Waals surface area contributed by atoms with Crippen LogP contribution in [-0.2, 0) is 21.2 Å². The fourth-order valence-electron chi connectivity index (χ4n) is 2.80. The molecule has 0 fully saturated rings. The topological polar surface area (TPSA) is 75.7 Å². The fourth-order valence-corrected chi connectivity index (χ4v) is 4.10. The summed E-state index contributed by atoms with van der Waals surface area (Å²) in [5, 5.41) is 2.73. The molecule has 0 atom stereocenters. The molecule has 0 aromatic heterocycles. The molecule has 2 aromatic carbocycles. The van der Waals surface area contributed by atoms with Crippen LogP contribution in [-0.4, -0.2) is 40.3 Å². The first-order chi connectivity index (χ1) is 14.2. The van der Waals surface area contributed by atoms with Gasteiger partial charge in [0.15, 0.2) is 0 Å². The van der Waals surface area contributed by atoms with E-state index >= 15 is 0 Å². The lowest BCUT2D eigenvalue weighted by atomic mass is 10.2. The molecule has 0 heterocycles. The molecule has 6 nitrogen and oxygen atoms in total. The van der Waals surface area contributed by atoms with Gasteiger partial charge in [0, 0.05) is 17.4 Å². The SMILES string of the molecule is CCc1ccc(OCCNC(=O)CCCN(c2ccc(Br)cc2F)S(C)(=O)=O)cc1. The lowest BCUT2D eigenvalue weighted by Crippen LogP contribution is -2.33. The number of ether oxygens (including phenoxy) is 1. The molecule has 0 saturated heterocycles. The Kier molecular flexibility index (Phi) is 9.10. The zero-order valence-electron chi connectivity index (χ0n) is 17.0.